The van der Waals surface area contributed by atoms with Crippen LogP contribution in [0.1, 0.15) is 20.3 Å². The van der Waals surface area contributed by atoms with E-state index in [-0.39, 0.29) is 0 Å². The molecule has 1 N–H and O–H groups in total. The maximum absolute atomic E-state index is 3.31. The van der Waals surface area contributed by atoms with Gasteiger partial charge >= 0.3 is 0 Å². The van der Waals surface area contributed by atoms with E-state index in [4.69, 9.17) is 0 Å². The molecule has 11 heavy (non-hydrogen) atoms. The summed E-state index contributed by atoms with van der Waals surface area (Å²) >= 11 is 0. The minimum absolute atomic E-state index is 0.530. The van der Waals surface area contributed by atoms with Crippen molar-refractivity contribution >= 4 is 0 Å². The molecule has 0 bridgehead atoms. The highest BCUT2D eigenvalue weighted by Crippen LogP contribution is 1.86. The summed E-state index contributed by atoms with van der Waals surface area (Å²) in [5.74, 6) is 0. The van der Waals surface area contributed by atoms with Crippen LogP contribution in [0.15, 0.2) is 30.6 Å². The molecule has 1 aromatic rings. The lowest BCUT2D eigenvalue weighted by molar-refractivity contribution is -0.653. The van der Waals surface area contributed by atoms with Crippen LogP contribution in [0.3, 0.4) is 0 Å². The van der Waals surface area contributed by atoms with Gasteiger partial charge in [-0.05, 0) is 13.3 Å². The number of nitrogens with zero attached hydrogens (tertiary/aromatic N) is 1. The molecule has 0 aromatic carbocycles. The van der Waals surface area contributed by atoms with Crippen molar-refractivity contribution in [3.8, 4) is 0 Å². The lowest BCUT2D eigenvalue weighted by Gasteiger charge is -2.05. The number of nitrogens with one attached hydrogen (secondary N) is 1. The smallest absolute Gasteiger partial charge is 0.190 e. The highest BCUT2D eigenvalue weighted by Gasteiger charge is 2.01. The average Bonchev–Trinajstić information content (AvgIpc) is 2.06. The van der Waals surface area contributed by atoms with Crippen molar-refractivity contribution in [2.45, 2.75) is 26.3 Å². The van der Waals surface area contributed by atoms with Crippen molar-refractivity contribution in [1.82, 2.24) is 0 Å². The lowest BCUT2D eigenvalue weighted by atomic mass is 10.3. The Bertz CT molecular complexity index is 196. The van der Waals surface area contributed by atoms with Gasteiger partial charge in [-0.1, -0.05) is 17.7 Å². The Morgan fingerprint density at radius 1 is 1.27 bits per heavy atom. The summed E-state index contributed by atoms with van der Waals surface area (Å²) in [6.45, 7) is 4.33. The van der Waals surface area contributed by atoms with Gasteiger partial charge in [-0.2, -0.15) is 5.43 Å². The zero-order valence-electron chi connectivity index (χ0n) is 7.12. The van der Waals surface area contributed by atoms with E-state index in [9.17, 15) is 0 Å². The minimum Gasteiger partial charge on any atom is -0.190 e. The third-order valence-corrected chi connectivity index (χ3v) is 1.70. The molecule has 0 saturated carbocycles. The maximum Gasteiger partial charge on any atom is 0.199 e. The molecular formula is C9H15N2+. The van der Waals surface area contributed by atoms with Crippen LogP contribution in [0.2, 0.25) is 0 Å². The quantitative estimate of drug-likeness (QED) is 0.644. The van der Waals surface area contributed by atoms with E-state index in [0.29, 0.717) is 6.04 Å². The fourth-order valence-corrected chi connectivity index (χ4v) is 0.831. The first-order chi connectivity index (χ1) is 5.33. The van der Waals surface area contributed by atoms with E-state index in [2.05, 4.69) is 19.3 Å². The Hall–Kier alpha value is -1.05. The van der Waals surface area contributed by atoms with Gasteiger partial charge in [0.15, 0.2) is 12.4 Å². The number of hydrogen-bond donors (Lipinski definition) is 1. The van der Waals surface area contributed by atoms with Crippen LogP contribution in [0, 0.1) is 0 Å². The molecule has 0 radical (unpaired) electrons. The van der Waals surface area contributed by atoms with E-state index in [1.54, 1.807) is 0 Å². The second kappa shape index (κ2) is 3.96. The number of pyridine rings is 1. The topological polar surface area (TPSA) is 15.9 Å². The van der Waals surface area contributed by atoms with Crippen molar-refractivity contribution in [3.05, 3.63) is 30.6 Å². The van der Waals surface area contributed by atoms with Gasteiger partial charge in [0.1, 0.15) is 0 Å². The molecule has 0 aliphatic rings. The average molecular weight is 151 g/mol. The molecule has 0 aliphatic heterocycles. The predicted molar refractivity (Wildman–Crippen MR) is 45.8 cm³/mol. The van der Waals surface area contributed by atoms with Gasteiger partial charge in [-0.3, -0.25) is 0 Å². The van der Waals surface area contributed by atoms with Crippen LogP contribution >= 0.6 is 0 Å². The lowest BCUT2D eigenvalue weighted by Crippen LogP contribution is -2.48. The van der Waals surface area contributed by atoms with Crippen LogP contribution in [0.4, 0.5) is 0 Å². The summed E-state index contributed by atoms with van der Waals surface area (Å²) < 4.78 is 1.98. The van der Waals surface area contributed by atoms with Gasteiger partial charge in [0.2, 0.25) is 0 Å². The van der Waals surface area contributed by atoms with Crippen LogP contribution in [0.5, 0.6) is 0 Å². The Morgan fingerprint density at radius 2 is 1.91 bits per heavy atom. The molecule has 0 aliphatic carbocycles. The maximum atomic E-state index is 3.31. The Kier molecular flexibility index (Phi) is 2.90. The van der Waals surface area contributed by atoms with Gasteiger partial charge in [0.05, 0.1) is 6.04 Å². The van der Waals surface area contributed by atoms with Crippen LogP contribution < -0.4 is 10.1 Å². The molecule has 0 saturated heterocycles. The Labute approximate surface area is 67.8 Å². The predicted octanol–water partition coefficient (Wildman–Crippen LogP) is 1.32. The molecular weight excluding hydrogens is 136 g/mol. The van der Waals surface area contributed by atoms with Crippen molar-refractivity contribution in [1.29, 1.82) is 0 Å². The zero-order valence-corrected chi connectivity index (χ0v) is 7.12. The molecule has 2 nitrogen and oxygen atoms in total. The molecule has 1 aromatic heterocycles. The number of rotatable bonds is 3. The standard InChI is InChI=1S/C9H15N2/c1-3-9(2)10-11-7-5-4-6-8-11/h4-10H,3H2,1-2H3/q+1. The van der Waals surface area contributed by atoms with E-state index in [1.165, 1.54) is 0 Å². The van der Waals surface area contributed by atoms with Gasteiger partial charge in [0, 0.05) is 12.1 Å². The van der Waals surface area contributed by atoms with E-state index >= 15 is 0 Å². The van der Waals surface area contributed by atoms with Crippen molar-refractivity contribution < 1.29 is 4.68 Å². The van der Waals surface area contributed by atoms with Crippen molar-refractivity contribution in [2.24, 2.45) is 0 Å². The molecule has 0 spiro atoms. The second-order valence-corrected chi connectivity index (χ2v) is 2.72. The SMILES string of the molecule is CCC(C)N[n+]1ccccc1. The summed E-state index contributed by atoms with van der Waals surface area (Å²) in [5, 5.41) is 0. The molecule has 1 atom stereocenters. The summed E-state index contributed by atoms with van der Waals surface area (Å²) in [5.41, 5.74) is 3.31. The molecule has 1 heterocycles. The minimum atomic E-state index is 0.530. The van der Waals surface area contributed by atoms with Gasteiger partial charge in [-0.25, -0.2) is 0 Å². The van der Waals surface area contributed by atoms with Crippen molar-refractivity contribution in [2.75, 3.05) is 5.43 Å². The van der Waals surface area contributed by atoms with Gasteiger partial charge in [-0.15, -0.1) is 0 Å². The zero-order chi connectivity index (χ0) is 8.10. The van der Waals surface area contributed by atoms with Crippen LogP contribution in [-0.4, -0.2) is 6.04 Å². The molecule has 60 valence electrons. The summed E-state index contributed by atoms with van der Waals surface area (Å²) in [6, 6.07) is 6.56. The molecule has 0 fully saturated rings. The monoisotopic (exact) mass is 151 g/mol. The number of hydrogen-bond acceptors (Lipinski definition) is 1. The molecule has 2 heteroatoms. The largest absolute Gasteiger partial charge is 0.199 e. The Morgan fingerprint density at radius 3 is 2.45 bits per heavy atom. The summed E-state index contributed by atoms with van der Waals surface area (Å²) in [7, 11) is 0. The third kappa shape index (κ3) is 2.58. The first kappa shape index (κ1) is 8.05. The van der Waals surface area contributed by atoms with E-state index in [0.717, 1.165) is 6.42 Å². The van der Waals surface area contributed by atoms with Crippen LogP contribution in [0.25, 0.3) is 0 Å². The summed E-state index contributed by atoms with van der Waals surface area (Å²) in [4.78, 5) is 0. The second-order valence-electron chi connectivity index (χ2n) is 2.72. The third-order valence-electron chi connectivity index (χ3n) is 1.70. The fourth-order valence-electron chi connectivity index (χ4n) is 0.831. The van der Waals surface area contributed by atoms with E-state index < -0.39 is 0 Å². The number of aromatic nitrogens is 1. The van der Waals surface area contributed by atoms with Gasteiger partial charge in [0.25, 0.3) is 0 Å². The fraction of sp³-hybridized carbons (Fsp3) is 0.444. The molecule has 0 amide bonds. The molecule has 1 rings (SSSR count). The van der Waals surface area contributed by atoms with Crippen LogP contribution in [-0.2, 0) is 0 Å². The normalized spacial score (nSPS) is 12.5. The first-order valence-electron chi connectivity index (χ1n) is 4.05. The highest BCUT2D eigenvalue weighted by atomic mass is 15.4. The highest BCUT2D eigenvalue weighted by molar-refractivity contribution is 4.84. The van der Waals surface area contributed by atoms with Gasteiger partial charge < -0.3 is 0 Å². The van der Waals surface area contributed by atoms with Crippen molar-refractivity contribution in [3.63, 3.8) is 0 Å². The van der Waals surface area contributed by atoms with E-state index in [1.807, 2.05) is 35.3 Å². The Balaban J connectivity index is 2.51. The summed E-state index contributed by atoms with van der Waals surface area (Å²) in [6.07, 6.45) is 5.15. The first-order valence-corrected chi connectivity index (χ1v) is 4.05. The molecule has 1 unspecified atom stereocenters.